The lowest BCUT2D eigenvalue weighted by molar-refractivity contribution is 0.263. The van der Waals surface area contributed by atoms with Gasteiger partial charge in [-0.2, -0.15) is 0 Å². The van der Waals surface area contributed by atoms with Crippen molar-refractivity contribution < 1.29 is 0 Å². The summed E-state index contributed by atoms with van der Waals surface area (Å²) in [6, 6.07) is 9.00. The fraction of sp³-hybridized carbons (Fsp3) is 0.684. The number of aryl methyl sites for hydroxylation is 1. The summed E-state index contributed by atoms with van der Waals surface area (Å²) in [6.45, 7) is 7.95. The fourth-order valence-electron chi connectivity index (χ4n) is 3.49. The first-order chi connectivity index (χ1) is 10.2. The lowest BCUT2D eigenvalue weighted by Crippen LogP contribution is -2.33. The van der Waals surface area contributed by atoms with Gasteiger partial charge in [-0.15, -0.1) is 0 Å². The van der Waals surface area contributed by atoms with Crippen molar-refractivity contribution in [1.82, 2.24) is 4.90 Å². The molecule has 0 amide bonds. The van der Waals surface area contributed by atoms with Crippen LogP contribution in [0, 0.1) is 5.92 Å². The Morgan fingerprint density at radius 2 is 1.90 bits per heavy atom. The zero-order chi connectivity index (χ0) is 15.1. The normalized spacial score (nSPS) is 22.0. The first-order valence-corrected chi connectivity index (χ1v) is 8.79. The van der Waals surface area contributed by atoms with Crippen LogP contribution in [0.5, 0.6) is 0 Å². The Morgan fingerprint density at radius 1 is 1.14 bits per heavy atom. The van der Waals surface area contributed by atoms with E-state index < -0.39 is 0 Å². The molecule has 0 aromatic heterocycles. The first kappa shape index (κ1) is 16.5. The van der Waals surface area contributed by atoms with Crippen LogP contribution in [0.25, 0.3) is 0 Å². The molecule has 1 aromatic carbocycles. The van der Waals surface area contributed by atoms with E-state index in [1.165, 1.54) is 56.3 Å². The van der Waals surface area contributed by atoms with Crippen molar-refractivity contribution in [1.29, 1.82) is 0 Å². The molecule has 0 saturated carbocycles. The summed E-state index contributed by atoms with van der Waals surface area (Å²) < 4.78 is 0. The lowest BCUT2D eigenvalue weighted by Gasteiger charge is -2.24. The number of likely N-dealkylation sites (tertiary alicyclic amines) is 1. The number of rotatable bonds is 6. The maximum Gasteiger partial charge on any atom is 0.0424 e. The van der Waals surface area contributed by atoms with E-state index in [0.717, 1.165) is 18.9 Å². The second-order valence-electron chi connectivity index (χ2n) is 6.59. The van der Waals surface area contributed by atoms with Crippen molar-refractivity contribution in [2.75, 3.05) is 19.6 Å². The molecule has 2 atom stereocenters. The molecule has 1 aromatic rings. The van der Waals surface area contributed by atoms with Crippen LogP contribution in [0.15, 0.2) is 24.3 Å². The average molecular weight is 288 g/mol. The predicted octanol–water partition coefficient (Wildman–Crippen LogP) is 4.15. The molecule has 2 nitrogen and oxygen atoms in total. The van der Waals surface area contributed by atoms with Crippen LogP contribution in [-0.4, -0.2) is 24.5 Å². The van der Waals surface area contributed by atoms with Gasteiger partial charge in [0.15, 0.2) is 0 Å². The van der Waals surface area contributed by atoms with Crippen LogP contribution in [0.2, 0.25) is 0 Å². The largest absolute Gasteiger partial charge is 0.323 e. The first-order valence-electron chi connectivity index (χ1n) is 8.79. The maximum absolute atomic E-state index is 6.42. The minimum absolute atomic E-state index is 0.152. The van der Waals surface area contributed by atoms with Crippen LogP contribution in [0.3, 0.4) is 0 Å². The number of hydrogen-bond acceptors (Lipinski definition) is 2. The van der Waals surface area contributed by atoms with E-state index in [0.29, 0.717) is 0 Å². The van der Waals surface area contributed by atoms with Gasteiger partial charge in [-0.05, 0) is 55.8 Å². The van der Waals surface area contributed by atoms with Crippen molar-refractivity contribution in [3.63, 3.8) is 0 Å². The Bertz CT molecular complexity index is 399. The fourth-order valence-corrected chi connectivity index (χ4v) is 3.49. The average Bonchev–Trinajstić information content (AvgIpc) is 2.73. The summed E-state index contributed by atoms with van der Waals surface area (Å²) in [5.41, 5.74) is 9.09. The summed E-state index contributed by atoms with van der Waals surface area (Å²) >= 11 is 0. The number of nitrogens with zero attached hydrogens (tertiary/aromatic N) is 1. The molecule has 1 aliphatic rings. The molecule has 1 saturated heterocycles. The molecule has 2 heteroatoms. The second-order valence-corrected chi connectivity index (χ2v) is 6.59. The van der Waals surface area contributed by atoms with E-state index in [2.05, 4.69) is 43.0 Å². The highest BCUT2D eigenvalue weighted by Crippen LogP contribution is 2.23. The van der Waals surface area contributed by atoms with E-state index in [-0.39, 0.29) is 6.04 Å². The van der Waals surface area contributed by atoms with Crippen LogP contribution < -0.4 is 5.73 Å². The van der Waals surface area contributed by atoms with Crippen molar-refractivity contribution >= 4 is 0 Å². The van der Waals surface area contributed by atoms with E-state index in [9.17, 15) is 0 Å². The molecule has 118 valence electrons. The van der Waals surface area contributed by atoms with Gasteiger partial charge < -0.3 is 10.6 Å². The molecule has 1 heterocycles. The maximum atomic E-state index is 6.42. The zero-order valence-corrected chi connectivity index (χ0v) is 13.9. The van der Waals surface area contributed by atoms with Crippen molar-refractivity contribution in [2.45, 2.75) is 58.4 Å². The SMILES string of the molecule is CCCC1CCCN(CC(N)c2ccc(CC)cc2)CC1. The second kappa shape index (κ2) is 8.55. The van der Waals surface area contributed by atoms with Crippen LogP contribution in [0.4, 0.5) is 0 Å². The Kier molecular flexibility index (Phi) is 6.72. The summed E-state index contributed by atoms with van der Waals surface area (Å²) in [7, 11) is 0. The highest BCUT2D eigenvalue weighted by molar-refractivity contribution is 5.25. The standard InChI is InChI=1S/C19H32N2/c1-3-6-17-7-5-13-21(14-12-17)15-19(20)18-10-8-16(4-2)9-11-18/h8-11,17,19H,3-7,12-15,20H2,1-2H3. The molecule has 0 aliphatic carbocycles. The van der Waals surface area contributed by atoms with Gasteiger partial charge in [-0.1, -0.05) is 51.0 Å². The molecule has 2 rings (SSSR count). The Balaban J connectivity index is 1.85. The van der Waals surface area contributed by atoms with Gasteiger partial charge in [0.05, 0.1) is 0 Å². The zero-order valence-electron chi connectivity index (χ0n) is 13.9. The van der Waals surface area contributed by atoms with E-state index in [4.69, 9.17) is 5.73 Å². The Labute approximate surface area is 130 Å². The topological polar surface area (TPSA) is 29.3 Å². The highest BCUT2D eigenvalue weighted by Gasteiger charge is 2.18. The van der Waals surface area contributed by atoms with Gasteiger partial charge in [0.1, 0.15) is 0 Å². The van der Waals surface area contributed by atoms with Crippen molar-refractivity contribution in [2.24, 2.45) is 11.7 Å². The summed E-state index contributed by atoms with van der Waals surface area (Å²) in [6.07, 6.45) is 7.93. The third-order valence-corrected chi connectivity index (χ3v) is 4.91. The van der Waals surface area contributed by atoms with E-state index in [1.807, 2.05) is 0 Å². The Morgan fingerprint density at radius 3 is 2.57 bits per heavy atom. The molecule has 0 bridgehead atoms. The third kappa shape index (κ3) is 5.12. The van der Waals surface area contributed by atoms with Crippen LogP contribution >= 0.6 is 0 Å². The number of hydrogen-bond donors (Lipinski definition) is 1. The molecular weight excluding hydrogens is 256 g/mol. The minimum atomic E-state index is 0.152. The lowest BCUT2D eigenvalue weighted by atomic mass is 9.96. The van der Waals surface area contributed by atoms with Gasteiger partial charge in [-0.3, -0.25) is 0 Å². The third-order valence-electron chi connectivity index (χ3n) is 4.91. The number of nitrogens with two attached hydrogens (primary N) is 1. The molecule has 2 N–H and O–H groups in total. The summed E-state index contributed by atoms with van der Waals surface area (Å²) in [5, 5.41) is 0. The predicted molar refractivity (Wildman–Crippen MR) is 91.4 cm³/mol. The monoisotopic (exact) mass is 288 g/mol. The van der Waals surface area contributed by atoms with Crippen LogP contribution in [0.1, 0.15) is 63.1 Å². The minimum Gasteiger partial charge on any atom is -0.323 e. The molecule has 0 radical (unpaired) electrons. The van der Waals surface area contributed by atoms with Crippen molar-refractivity contribution in [3.05, 3.63) is 35.4 Å². The van der Waals surface area contributed by atoms with E-state index >= 15 is 0 Å². The van der Waals surface area contributed by atoms with Gasteiger partial charge in [-0.25, -0.2) is 0 Å². The van der Waals surface area contributed by atoms with Gasteiger partial charge in [0.2, 0.25) is 0 Å². The van der Waals surface area contributed by atoms with Crippen LogP contribution in [-0.2, 0) is 6.42 Å². The quantitative estimate of drug-likeness (QED) is 0.852. The van der Waals surface area contributed by atoms with Gasteiger partial charge in [0, 0.05) is 12.6 Å². The van der Waals surface area contributed by atoms with Crippen molar-refractivity contribution in [3.8, 4) is 0 Å². The molecule has 2 unspecified atom stereocenters. The smallest absolute Gasteiger partial charge is 0.0424 e. The van der Waals surface area contributed by atoms with E-state index in [1.54, 1.807) is 0 Å². The van der Waals surface area contributed by atoms with Gasteiger partial charge >= 0.3 is 0 Å². The molecule has 1 fully saturated rings. The highest BCUT2D eigenvalue weighted by atomic mass is 15.1. The summed E-state index contributed by atoms with van der Waals surface area (Å²) in [4.78, 5) is 2.58. The molecule has 0 spiro atoms. The molecule has 21 heavy (non-hydrogen) atoms. The van der Waals surface area contributed by atoms with Gasteiger partial charge in [0.25, 0.3) is 0 Å². The Hall–Kier alpha value is -0.860. The molecule has 1 aliphatic heterocycles. The number of benzene rings is 1. The molecular formula is C19H32N2. The summed E-state index contributed by atoms with van der Waals surface area (Å²) in [5.74, 6) is 0.945.